The number of hydrogen-bond donors (Lipinski definition) is 1. The highest BCUT2D eigenvalue weighted by Crippen LogP contribution is 2.44. The van der Waals surface area contributed by atoms with E-state index >= 15 is 0 Å². The third-order valence-electron chi connectivity index (χ3n) is 4.70. The molecule has 1 aromatic carbocycles. The fourth-order valence-corrected chi connectivity index (χ4v) is 4.45. The maximum absolute atomic E-state index is 12.0. The first-order valence-electron chi connectivity index (χ1n) is 7.69. The second kappa shape index (κ2) is 6.21. The van der Waals surface area contributed by atoms with Crippen molar-refractivity contribution in [2.75, 3.05) is 5.75 Å². The zero-order chi connectivity index (χ0) is 13.9. The van der Waals surface area contributed by atoms with Gasteiger partial charge in [-0.1, -0.05) is 24.1 Å². The van der Waals surface area contributed by atoms with E-state index in [0.29, 0.717) is 12.5 Å². The van der Waals surface area contributed by atoms with E-state index in [0.717, 1.165) is 17.6 Å². The third kappa shape index (κ3) is 3.38. The van der Waals surface area contributed by atoms with Crippen LogP contribution in [0.3, 0.4) is 0 Å². The summed E-state index contributed by atoms with van der Waals surface area (Å²) >= 11 is 1.77. The molecule has 20 heavy (non-hydrogen) atoms. The summed E-state index contributed by atoms with van der Waals surface area (Å²) in [5, 5.41) is 3.25. The summed E-state index contributed by atoms with van der Waals surface area (Å²) in [5.74, 6) is 2.78. The molecule has 2 saturated carbocycles. The van der Waals surface area contributed by atoms with Gasteiger partial charge in [-0.25, -0.2) is 0 Å². The molecule has 2 bridgehead atoms. The molecule has 0 aliphatic heterocycles. The van der Waals surface area contributed by atoms with Crippen molar-refractivity contribution in [3.8, 4) is 0 Å². The van der Waals surface area contributed by atoms with E-state index in [2.05, 4.69) is 36.5 Å². The van der Waals surface area contributed by atoms with Crippen molar-refractivity contribution in [3.63, 3.8) is 0 Å². The van der Waals surface area contributed by atoms with Gasteiger partial charge in [0, 0.05) is 23.1 Å². The molecule has 0 aromatic heterocycles. The molecule has 3 atom stereocenters. The number of carbonyl (C=O) groups is 1. The van der Waals surface area contributed by atoms with Gasteiger partial charge in [0.25, 0.3) is 0 Å². The van der Waals surface area contributed by atoms with Gasteiger partial charge in [-0.05, 0) is 50.2 Å². The molecule has 2 aliphatic rings. The maximum Gasteiger partial charge on any atom is 0.221 e. The number of fused-ring (bicyclic) bond motifs is 2. The summed E-state index contributed by atoms with van der Waals surface area (Å²) in [7, 11) is 0. The van der Waals surface area contributed by atoms with E-state index in [1.54, 1.807) is 11.8 Å². The Labute approximate surface area is 125 Å². The van der Waals surface area contributed by atoms with Crippen molar-refractivity contribution in [2.24, 2.45) is 11.8 Å². The number of benzene rings is 1. The molecule has 3 heteroatoms. The van der Waals surface area contributed by atoms with Gasteiger partial charge in [-0.15, -0.1) is 11.8 Å². The summed E-state index contributed by atoms with van der Waals surface area (Å²) in [4.78, 5) is 13.2. The molecule has 2 aliphatic carbocycles. The van der Waals surface area contributed by atoms with Crippen LogP contribution in [-0.4, -0.2) is 17.7 Å². The number of thioether (sulfide) groups is 1. The van der Waals surface area contributed by atoms with Gasteiger partial charge >= 0.3 is 0 Å². The van der Waals surface area contributed by atoms with Gasteiger partial charge < -0.3 is 5.32 Å². The van der Waals surface area contributed by atoms with Gasteiger partial charge in [-0.3, -0.25) is 4.79 Å². The van der Waals surface area contributed by atoms with Gasteiger partial charge in [0.1, 0.15) is 0 Å². The number of carbonyl (C=O) groups excluding carboxylic acids is 1. The predicted molar refractivity (Wildman–Crippen MR) is 83.9 cm³/mol. The lowest BCUT2D eigenvalue weighted by atomic mass is 9.95. The quantitative estimate of drug-likeness (QED) is 0.836. The topological polar surface area (TPSA) is 29.1 Å². The van der Waals surface area contributed by atoms with E-state index in [9.17, 15) is 4.79 Å². The highest BCUT2D eigenvalue weighted by Gasteiger charge is 2.39. The fraction of sp³-hybridized carbons (Fsp3) is 0.588. The van der Waals surface area contributed by atoms with Crippen LogP contribution >= 0.6 is 11.8 Å². The molecule has 108 valence electrons. The van der Waals surface area contributed by atoms with E-state index < -0.39 is 0 Å². The molecular formula is C17H23NOS. The SMILES string of the molecule is Cc1ccc(SCCC(=O)N[C@H]2C[C@H]3CC[C@@H]2C3)cc1. The number of hydrogen-bond acceptors (Lipinski definition) is 2. The Balaban J connectivity index is 1.38. The molecule has 0 saturated heterocycles. The van der Waals surface area contributed by atoms with Crippen molar-refractivity contribution < 1.29 is 4.79 Å². The van der Waals surface area contributed by atoms with E-state index in [1.807, 2.05) is 0 Å². The van der Waals surface area contributed by atoms with Crippen LogP contribution in [0.25, 0.3) is 0 Å². The molecule has 1 N–H and O–H groups in total. The van der Waals surface area contributed by atoms with Crippen LogP contribution in [0.1, 0.15) is 37.7 Å². The van der Waals surface area contributed by atoms with Crippen LogP contribution in [0, 0.1) is 18.8 Å². The predicted octanol–water partition coefficient (Wildman–Crippen LogP) is 3.78. The average molecular weight is 289 g/mol. The van der Waals surface area contributed by atoms with Crippen LogP contribution in [0.2, 0.25) is 0 Å². The van der Waals surface area contributed by atoms with Crippen molar-refractivity contribution in [2.45, 2.75) is 50.0 Å². The zero-order valence-corrected chi connectivity index (χ0v) is 12.9. The minimum Gasteiger partial charge on any atom is -0.353 e. The van der Waals surface area contributed by atoms with Crippen LogP contribution in [0.15, 0.2) is 29.2 Å². The third-order valence-corrected chi connectivity index (χ3v) is 5.72. The van der Waals surface area contributed by atoms with Crippen LogP contribution in [0.4, 0.5) is 0 Å². The zero-order valence-electron chi connectivity index (χ0n) is 12.1. The highest BCUT2D eigenvalue weighted by molar-refractivity contribution is 7.99. The number of aryl methyl sites for hydroxylation is 1. The fourth-order valence-electron chi connectivity index (χ4n) is 3.60. The lowest BCUT2D eigenvalue weighted by Gasteiger charge is -2.22. The van der Waals surface area contributed by atoms with E-state index in [4.69, 9.17) is 0 Å². The lowest BCUT2D eigenvalue weighted by molar-refractivity contribution is -0.121. The van der Waals surface area contributed by atoms with Crippen molar-refractivity contribution >= 4 is 17.7 Å². The molecule has 2 fully saturated rings. The second-order valence-corrected chi connectivity index (χ2v) is 7.43. The van der Waals surface area contributed by atoms with Crippen LogP contribution in [-0.2, 0) is 4.79 Å². The molecular weight excluding hydrogens is 266 g/mol. The largest absolute Gasteiger partial charge is 0.353 e. The molecule has 3 rings (SSSR count). The Bertz CT molecular complexity index is 470. The Morgan fingerprint density at radius 1 is 1.25 bits per heavy atom. The molecule has 1 aromatic rings. The highest BCUT2D eigenvalue weighted by atomic mass is 32.2. The summed E-state index contributed by atoms with van der Waals surface area (Å²) in [6, 6.07) is 8.99. The van der Waals surface area contributed by atoms with E-state index in [1.165, 1.54) is 36.1 Å². The van der Waals surface area contributed by atoms with Crippen molar-refractivity contribution in [1.82, 2.24) is 5.32 Å². The van der Waals surface area contributed by atoms with Crippen LogP contribution < -0.4 is 5.32 Å². The van der Waals surface area contributed by atoms with Gasteiger partial charge in [0.15, 0.2) is 0 Å². The number of rotatable bonds is 5. The monoisotopic (exact) mass is 289 g/mol. The molecule has 0 heterocycles. The summed E-state index contributed by atoms with van der Waals surface area (Å²) in [6.45, 7) is 2.09. The summed E-state index contributed by atoms with van der Waals surface area (Å²) in [5.41, 5.74) is 1.28. The molecule has 0 unspecified atom stereocenters. The van der Waals surface area contributed by atoms with Crippen LogP contribution in [0.5, 0.6) is 0 Å². The van der Waals surface area contributed by atoms with Crippen molar-refractivity contribution in [1.29, 1.82) is 0 Å². The van der Waals surface area contributed by atoms with Gasteiger partial charge in [-0.2, -0.15) is 0 Å². The first kappa shape index (κ1) is 14.0. The minimum absolute atomic E-state index is 0.238. The molecule has 0 spiro atoms. The summed E-state index contributed by atoms with van der Waals surface area (Å²) < 4.78 is 0. The first-order valence-corrected chi connectivity index (χ1v) is 8.68. The Hall–Kier alpha value is -0.960. The second-order valence-electron chi connectivity index (χ2n) is 6.26. The summed E-state index contributed by atoms with van der Waals surface area (Å²) in [6.07, 6.45) is 5.92. The average Bonchev–Trinajstić information content (AvgIpc) is 3.03. The number of nitrogens with one attached hydrogen (secondary N) is 1. The Kier molecular flexibility index (Phi) is 4.35. The maximum atomic E-state index is 12.0. The standard InChI is InChI=1S/C17H23NOS/c1-12-2-6-15(7-3-12)20-9-8-17(19)18-16-11-13-4-5-14(16)10-13/h2-3,6-7,13-14,16H,4-5,8-11H2,1H3,(H,18,19)/t13-,14+,16-/m0/s1. The van der Waals surface area contributed by atoms with Crippen molar-refractivity contribution in [3.05, 3.63) is 29.8 Å². The number of amides is 1. The Morgan fingerprint density at radius 3 is 2.70 bits per heavy atom. The first-order chi connectivity index (χ1) is 9.70. The molecule has 2 nitrogen and oxygen atoms in total. The van der Waals surface area contributed by atoms with Gasteiger partial charge in [0.2, 0.25) is 5.91 Å². The minimum atomic E-state index is 0.238. The smallest absolute Gasteiger partial charge is 0.221 e. The normalized spacial score (nSPS) is 27.8. The van der Waals surface area contributed by atoms with Gasteiger partial charge in [0.05, 0.1) is 0 Å². The molecule has 0 radical (unpaired) electrons. The lowest BCUT2D eigenvalue weighted by Crippen LogP contribution is -2.38. The molecule has 1 amide bonds. The Morgan fingerprint density at radius 2 is 2.05 bits per heavy atom. The van der Waals surface area contributed by atoms with E-state index in [-0.39, 0.29) is 5.91 Å².